The molecule has 132 valence electrons. The maximum Gasteiger partial charge on any atom is 0.282 e. The molecule has 0 aliphatic rings. The van der Waals surface area contributed by atoms with E-state index < -0.39 is 0 Å². The number of aryl methyl sites for hydroxylation is 3. The molecule has 0 spiro atoms. The molecule has 1 aromatic carbocycles. The van der Waals surface area contributed by atoms with Gasteiger partial charge >= 0.3 is 0 Å². The second-order valence-corrected chi connectivity index (χ2v) is 7.20. The van der Waals surface area contributed by atoms with Crippen molar-refractivity contribution in [1.82, 2.24) is 10.1 Å². The molecule has 0 aliphatic heterocycles. The first kappa shape index (κ1) is 16.5. The van der Waals surface area contributed by atoms with Crippen LogP contribution in [0.1, 0.15) is 33.1 Å². The van der Waals surface area contributed by atoms with Crippen LogP contribution in [0, 0.1) is 20.8 Å². The molecule has 4 rings (SSSR count). The predicted molar refractivity (Wildman–Crippen MR) is 99.6 cm³/mol. The van der Waals surface area contributed by atoms with Crippen LogP contribution in [0.2, 0.25) is 0 Å². The summed E-state index contributed by atoms with van der Waals surface area (Å²) < 4.78 is 11.6. The van der Waals surface area contributed by atoms with Crippen LogP contribution >= 0.6 is 11.3 Å². The molecular formula is C19H17N3O3S. The van der Waals surface area contributed by atoms with Gasteiger partial charge in [0.1, 0.15) is 11.5 Å². The van der Waals surface area contributed by atoms with Crippen LogP contribution in [0.25, 0.3) is 10.2 Å². The van der Waals surface area contributed by atoms with E-state index in [1.54, 1.807) is 30.2 Å². The maximum atomic E-state index is 13.0. The predicted octanol–water partition coefficient (Wildman–Crippen LogP) is 4.65. The molecule has 7 heteroatoms. The van der Waals surface area contributed by atoms with Crippen molar-refractivity contribution in [3.63, 3.8) is 0 Å². The summed E-state index contributed by atoms with van der Waals surface area (Å²) in [5.74, 6) is 0.986. The monoisotopic (exact) mass is 367 g/mol. The smallest absolute Gasteiger partial charge is 0.282 e. The van der Waals surface area contributed by atoms with Crippen molar-refractivity contribution in [2.24, 2.45) is 0 Å². The Labute approximate surface area is 154 Å². The standard InChI is InChI=1S/C19H17N3O3S/c1-11-7-12(2)17-15(8-11)20-19(26-17)22(10-14-5-4-6-24-14)18(23)16-9-13(3)25-21-16/h4-9H,10H2,1-3H3. The van der Waals surface area contributed by atoms with Gasteiger partial charge in [-0.3, -0.25) is 9.69 Å². The Bertz CT molecular complexity index is 1080. The molecule has 0 N–H and O–H groups in total. The number of rotatable bonds is 4. The fourth-order valence-electron chi connectivity index (χ4n) is 2.87. The van der Waals surface area contributed by atoms with Crippen molar-refractivity contribution in [3.8, 4) is 0 Å². The van der Waals surface area contributed by atoms with Crippen molar-refractivity contribution in [3.05, 3.63) is 64.9 Å². The van der Waals surface area contributed by atoms with Gasteiger partial charge in [0, 0.05) is 6.07 Å². The van der Waals surface area contributed by atoms with Crippen LogP contribution in [0.5, 0.6) is 0 Å². The number of thiazole rings is 1. The molecule has 0 radical (unpaired) electrons. The van der Waals surface area contributed by atoms with Gasteiger partial charge in [-0.15, -0.1) is 0 Å². The third-order valence-electron chi connectivity index (χ3n) is 4.03. The number of carbonyl (C=O) groups is 1. The Hall–Kier alpha value is -2.93. The lowest BCUT2D eigenvalue weighted by Crippen LogP contribution is -2.30. The van der Waals surface area contributed by atoms with Crippen LogP contribution in [0.15, 0.2) is 45.5 Å². The number of carbonyl (C=O) groups excluding carboxylic acids is 1. The molecule has 1 amide bonds. The number of nitrogens with zero attached hydrogens (tertiary/aromatic N) is 3. The molecule has 0 atom stereocenters. The van der Waals surface area contributed by atoms with Crippen LogP contribution in [-0.4, -0.2) is 16.0 Å². The largest absolute Gasteiger partial charge is 0.467 e. The number of aromatic nitrogens is 2. The van der Waals surface area contributed by atoms with Crippen LogP contribution < -0.4 is 4.90 Å². The first-order valence-electron chi connectivity index (χ1n) is 8.16. The summed E-state index contributed by atoms with van der Waals surface area (Å²) in [7, 11) is 0. The number of furan rings is 1. The summed E-state index contributed by atoms with van der Waals surface area (Å²) in [6.07, 6.45) is 1.59. The van der Waals surface area contributed by atoms with Crippen molar-refractivity contribution in [1.29, 1.82) is 0 Å². The van der Waals surface area contributed by atoms with E-state index in [1.807, 2.05) is 19.1 Å². The van der Waals surface area contributed by atoms with Gasteiger partial charge in [0.05, 0.1) is 23.0 Å². The van der Waals surface area contributed by atoms with Gasteiger partial charge in [0.2, 0.25) is 0 Å². The molecule has 0 saturated carbocycles. The highest BCUT2D eigenvalue weighted by molar-refractivity contribution is 7.22. The summed E-state index contributed by atoms with van der Waals surface area (Å²) in [5, 5.41) is 4.46. The minimum atomic E-state index is -0.272. The molecule has 0 fully saturated rings. The Kier molecular flexibility index (Phi) is 4.08. The van der Waals surface area contributed by atoms with Gasteiger partial charge in [-0.05, 0) is 50.1 Å². The van der Waals surface area contributed by atoms with E-state index in [0.717, 1.165) is 21.3 Å². The maximum absolute atomic E-state index is 13.0. The first-order valence-corrected chi connectivity index (χ1v) is 8.98. The second-order valence-electron chi connectivity index (χ2n) is 6.22. The molecule has 26 heavy (non-hydrogen) atoms. The molecule has 3 heterocycles. The van der Waals surface area contributed by atoms with Crippen LogP contribution in [0.4, 0.5) is 5.13 Å². The van der Waals surface area contributed by atoms with Gasteiger partial charge < -0.3 is 8.94 Å². The van der Waals surface area contributed by atoms with E-state index in [4.69, 9.17) is 13.9 Å². The topological polar surface area (TPSA) is 72.4 Å². The SMILES string of the molecule is Cc1cc(C)c2sc(N(Cc3ccco3)C(=O)c3cc(C)on3)nc2c1. The third kappa shape index (κ3) is 3.01. The first-order chi connectivity index (χ1) is 12.5. The Morgan fingerprint density at radius 2 is 2.08 bits per heavy atom. The number of anilines is 1. The fourth-order valence-corrected chi connectivity index (χ4v) is 3.88. The van der Waals surface area contributed by atoms with Crippen molar-refractivity contribution in [2.45, 2.75) is 27.3 Å². The number of amides is 1. The number of fused-ring (bicyclic) bond motifs is 1. The van der Waals surface area contributed by atoms with Crippen LogP contribution in [-0.2, 0) is 6.54 Å². The van der Waals surface area contributed by atoms with Crippen molar-refractivity contribution >= 4 is 32.6 Å². The average molecular weight is 367 g/mol. The van der Waals surface area contributed by atoms with Gasteiger partial charge in [0.25, 0.3) is 5.91 Å². The van der Waals surface area contributed by atoms with Gasteiger partial charge in [0.15, 0.2) is 10.8 Å². The van der Waals surface area contributed by atoms with Crippen molar-refractivity contribution < 1.29 is 13.7 Å². The second kappa shape index (κ2) is 6.42. The lowest BCUT2D eigenvalue weighted by atomic mass is 10.1. The summed E-state index contributed by atoms with van der Waals surface area (Å²) in [5.41, 5.74) is 3.42. The highest BCUT2D eigenvalue weighted by atomic mass is 32.1. The zero-order chi connectivity index (χ0) is 18.3. The zero-order valence-electron chi connectivity index (χ0n) is 14.6. The normalized spacial score (nSPS) is 11.2. The quantitative estimate of drug-likeness (QED) is 0.525. The Morgan fingerprint density at radius 1 is 1.23 bits per heavy atom. The molecule has 0 aliphatic carbocycles. The van der Waals surface area contributed by atoms with E-state index in [1.165, 1.54) is 11.3 Å². The Morgan fingerprint density at radius 3 is 2.77 bits per heavy atom. The van der Waals surface area contributed by atoms with Gasteiger partial charge in [-0.1, -0.05) is 22.6 Å². The molecule has 0 saturated heterocycles. The van der Waals surface area contributed by atoms with Crippen LogP contribution in [0.3, 0.4) is 0 Å². The fraction of sp³-hybridized carbons (Fsp3) is 0.211. The lowest BCUT2D eigenvalue weighted by Gasteiger charge is -2.17. The van der Waals surface area contributed by atoms with E-state index in [2.05, 4.69) is 18.1 Å². The van der Waals surface area contributed by atoms with Gasteiger partial charge in [-0.25, -0.2) is 4.98 Å². The van der Waals surface area contributed by atoms with E-state index in [9.17, 15) is 4.79 Å². The number of hydrogen-bond acceptors (Lipinski definition) is 6. The molecule has 6 nitrogen and oxygen atoms in total. The van der Waals surface area contributed by atoms with Crippen molar-refractivity contribution in [2.75, 3.05) is 4.90 Å². The highest BCUT2D eigenvalue weighted by Crippen LogP contribution is 2.33. The average Bonchev–Trinajstić information content (AvgIpc) is 3.32. The third-order valence-corrected chi connectivity index (χ3v) is 5.26. The molecule has 0 bridgehead atoms. The highest BCUT2D eigenvalue weighted by Gasteiger charge is 2.25. The zero-order valence-corrected chi connectivity index (χ0v) is 15.5. The number of benzene rings is 1. The summed E-state index contributed by atoms with van der Waals surface area (Å²) in [4.78, 5) is 19.3. The Balaban J connectivity index is 1.79. The molecule has 4 aromatic rings. The minimum absolute atomic E-state index is 0.251. The van der Waals surface area contributed by atoms with E-state index >= 15 is 0 Å². The minimum Gasteiger partial charge on any atom is -0.467 e. The number of hydrogen-bond donors (Lipinski definition) is 0. The summed E-state index contributed by atoms with van der Waals surface area (Å²) in [6, 6.07) is 9.39. The van der Waals surface area contributed by atoms with E-state index in [0.29, 0.717) is 16.7 Å². The molecule has 3 aromatic heterocycles. The molecule has 0 unspecified atom stereocenters. The summed E-state index contributed by atoms with van der Waals surface area (Å²) in [6.45, 7) is 6.12. The lowest BCUT2D eigenvalue weighted by molar-refractivity contribution is 0.0974. The molecular weight excluding hydrogens is 350 g/mol. The van der Waals surface area contributed by atoms with Gasteiger partial charge in [-0.2, -0.15) is 0 Å². The van der Waals surface area contributed by atoms with E-state index in [-0.39, 0.29) is 18.1 Å². The summed E-state index contributed by atoms with van der Waals surface area (Å²) >= 11 is 1.49.